The maximum atomic E-state index is 12.3. The second-order valence-corrected chi connectivity index (χ2v) is 10.4. The minimum Gasteiger partial charge on any atom is -0.497 e. The summed E-state index contributed by atoms with van der Waals surface area (Å²) in [6, 6.07) is 13.5. The zero-order valence-corrected chi connectivity index (χ0v) is 21.3. The summed E-state index contributed by atoms with van der Waals surface area (Å²) in [4.78, 5) is 24.4. The van der Waals surface area contributed by atoms with Gasteiger partial charge >= 0.3 is 0 Å². The van der Waals surface area contributed by atoms with Crippen LogP contribution >= 0.6 is 0 Å². The van der Waals surface area contributed by atoms with Gasteiger partial charge in [0.1, 0.15) is 18.0 Å². The van der Waals surface area contributed by atoms with Gasteiger partial charge < -0.3 is 14.8 Å². The average Bonchev–Trinajstić information content (AvgIpc) is 2.87. The van der Waals surface area contributed by atoms with Crippen molar-refractivity contribution in [1.82, 2.24) is 10.7 Å². The highest BCUT2D eigenvalue weighted by molar-refractivity contribution is 7.92. The first-order chi connectivity index (χ1) is 17.2. The van der Waals surface area contributed by atoms with Crippen LogP contribution in [0.1, 0.15) is 37.7 Å². The number of hydrogen-bond donors (Lipinski definition) is 2. The predicted octanol–water partition coefficient (Wildman–Crippen LogP) is 2.44. The van der Waals surface area contributed by atoms with Crippen LogP contribution in [0.3, 0.4) is 0 Å². The van der Waals surface area contributed by atoms with E-state index in [2.05, 4.69) is 15.8 Å². The molecule has 0 aliphatic heterocycles. The first-order valence-electron chi connectivity index (χ1n) is 11.7. The molecule has 0 saturated heterocycles. The van der Waals surface area contributed by atoms with Gasteiger partial charge in [0.2, 0.25) is 10.0 Å². The lowest BCUT2D eigenvalue weighted by atomic mass is 9.95. The monoisotopic (exact) mass is 516 g/mol. The molecule has 2 aromatic rings. The number of sulfonamides is 1. The van der Waals surface area contributed by atoms with Gasteiger partial charge in [0.25, 0.3) is 11.8 Å². The smallest absolute Gasteiger partial charge is 0.260 e. The fourth-order valence-electron chi connectivity index (χ4n) is 3.83. The maximum Gasteiger partial charge on any atom is 0.260 e. The number of nitrogens with zero attached hydrogens (tertiary/aromatic N) is 2. The minimum absolute atomic E-state index is 0.0515. The van der Waals surface area contributed by atoms with Crippen LogP contribution in [-0.4, -0.2) is 59.0 Å². The average molecular weight is 517 g/mol. The maximum absolute atomic E-state index is 12.3. The molecule has 194 valence electrons. The normalized spacial score (nSPS) is 14.3. The van der Waals surface area contributed by atoms with Crippen molar-refractivity contribution >= 4 is 33.7 Å². The van der Waals surface area contributed by atoms with Crippen molar-refractivity contribution in [1.29, 1.82) is 0 Å². The van der Waals surface area contributed by atoms with Crippen molar-refractivity contribution in [3.8, 4) is 11.5 Å². The van der Waals surface area contributed by atoms with E-state index >= 15 is 0 Å². The Labute approximate surface area is 211 Å². The van der Waals surface area contributed by atoms with Crippen LogP contribution in [0.15, 0.2) is 53.6 Å². The Morgan fingerprint density at radius 2 is 1.78 bits per heavy atom. The van der Waals surface area contributed by atoms with Gasteiger partial charge in [0.05, 0.1) is 25.3 Å². The van der Waals surface area contributed by atoms with E-state index in [-0.39, 0.29) is 18.6 Å². The van der Waals surface area contributed by atoms with E-state index in [0.717, 1.165) is 36.2 Å². The number of hydrogen-bond acceptors (Lipinski definition) is 7. The highest BCUT2D eigenvalue weighted by atomic mass is 32.2. The Hall–Kier alpha value is -3.60. The minimum atomic E-state index is -3.72. The van der Waals surface area contributed by atoms with Gasteiger partial charge in [-0.25, -0.2) is 13.8 Å². The van der Waals surface area contributed by atoms with Crippen molar-refractivity contribution < 1.29 is 27.5 Å². The molecule has 0 radical (unpaired) electrons. The molecule has 3 rings (SSSR count). The van der Waals surface area contributed by atoms with Gasteiger partial charge in [-0.2, -0.15) is 5.10 Å². The molecule has 0 heterocycles. The number of ether oxygens (including phenoxy) is 2. The lowest BCUT2D eigenvalue weighted by Crippen LogP contribution is -2.39. The number of anilines is 1. The van der Waals surface area contributed by atoms with Crippen LogP contribution in [-0.2, 0) is 19.6 Å². The number of rotatable bonds is 11. The Balaban J connectivity index is 1.48. The van der Waals surface area contributed by atoms with Crippen molar-refractivity contribution in [2.24, 2.45) is 5.10 Å². The van der Waals surface area contributed by atoms with Crippen LogP contribution < -0.4 is 24.5 Å². The topological polar surface area (TPSA) is 126 Å². The second-order valence-electron chi connectivity index (χ2n) is 8.52. The highest BCUT2D eigenvalue weighted by Crippen LogP contribution is 2.23. The number of nitrogens with one attached hydrogen (secondary N) is 2. The van der Waals surface area contributed by atoms with Gasteiger partial charge in [-0.1, -0.05) is 25.3 Å². The third kappa shape index (κ3) is 8.56. The standard InChI is InChI=1S/C25H32N4O6S/c1-34-23-10-6-9-21(15-23)29(36(2,32)33)17-24(30)28-26-16-19-11-13-22(14-12-19)35-18-25(31)27-20-7-4-3-5-8-20/h6,9-16,20H,3-5,7-8,17-18H2,1-2H3,(H,27,31)(H,28,30)/b26-16-. The Kier molecular flexibility index (Phi) is 9.69. The molecule has 1 aliphatic rings. The number of methoxy groups -OCH3 is 1. The van der Waals surface area contributed by atoms with E-state index < -0.39 is 22.5 Å². The van der Waals surface area contributed by atoms with Crippen molar-refractivity contribution in [2.45, 2.75) is 38.1 Å². The highest BCUT2D eigenvalue weighted by Gasteiger charge is 2.21. The number of amides is 2. The van der Waals surface area contributed by atoms with E-state index in [1.54, 1.807) is 42.5 Å². The van der Waals surface area contributed by atoms with Crippen molar-refractivity contribution in [3.63, 3.8) is 0 Å². The summed E-state index contributed by atoms with van der Waals surface area (Å²) in [6.07, 6.45) is 8.00. The van der Waals surface area contributed by atoms with E-state index in [1.807, 2.05) is 0 Å². The number of carbonyl (C=O) groups is 2. The number of hydrazone groups is 1. The molecule has 0 atom stereocenters. The van der Waals surface area contributed by atoms with Crippen LogP contribution in [0, 0.1) is 0 Å². The number of benzene rings is 2. The molecule has 1 aliphatic carbocycles. The summed E-state index contributed by atoms with van der Waals surface area (Å²) in [7, 11) is -2.25. The molecule has 11 heteroatoms. The van der Waals surface area contributed by atoms with Crippen LogP contribution in [0.2, 0.25) is 0 Å². The van der Waals surface area contributed by atoms with Crippen LogP contribution in [0.5, 0.6) is 11.5 Å². The van der Waals surface area contributed by atoms with Gasteiger partial charge in [-0.15, -0.1) is 0 Å². The third-order valence-electron chi connectivity index (χ3n) is 5.65. The van der Waals surface area contributed by atoms with E-state index in [4.69, 9.17) is 9.47 Å². The van der Waals surface area contributed by atoms with Gasteiger partial charge in [0.15, 0.2) is 6.61 Å². The van der Waals surface area contributed by atoms with Crippen molar-refractivity contribution in [2.75, 3.05) is 30.8 Å². The first-order valence-corrected chi connectivity index (χ1v) is 13.6. The largest absolute Gasteiger partial charge is 0.497 e. The third-order valence-corrected chi connectivity index (χ3v) is 6.79. The molecule has 2 N–H and O–H groups in total. The summed E-state index contributed by atoms with van der Waals surface area (Å²) in [5, 5.41) is 6.90. The fourth-order valence-corrected chi connectivity index (χ4v) is 4.67. The molecule has 10 nitrogen and oxygen atoms in total. The van der Waals surface area contributed by atoms with Gasteiger partial charge in [-0.3, -0.25) is 13.9 Å². The quantitative estimate of drug-likeness (QED) is 0.349. The summed E-state index contributed by atoms with van der Waals surface area (Å²) >= 11 is 0. The van der Waals surface area contributed by atoms with Gasteiger partial charge in [0, 0.05) is 12.1 Å². The lowest BCUT2D eigenvalue weighted by Gasteiger charge is -2.22. The zero-order valence-electron chi connectivity index (χ0n) is 20.5. The first kappa shape index (κ1) is 27.0. The Morgan fingerprint density at radius 1 is 1.06 bits per heavy atom. The summed E-state index contributed by atoms with van der Waals surface area (Å²) in [6.45, 7) is -0.497. The molecule has 0 bridgehead atoms. The molecule has 36 heavy (non-hydrogen) atoms. The lowest BCUT2D eigenvalue weighted by molar-refractivity contribution is -0.124. The summed E-state index contributed by atoms with van der Waals surface area (Å²) in [5.41, 5.74) is 3.32. The molecular formula is C25H32N4O6S. The molecule has 2 amide bonds. The number of carbonyl (C=O) groups excluding carboxylic acids is 2. The van der Waals surface area contributed by atoms with E-state index in [9.17, 15) is 18.0 Å². The summed E-state index contributed by atoms with van der Waals surface area (Å²) < 4.78 is 36.1. The van der Waals surface area contributed by atoms with Crippen LogP contribution in [0.25, 0.3) is 0 Å². The molecule has 1 fully saturated rings. The zero-order chi connectivity index (χ0) is 26.0. The Morgan fingerprint density at radius 3 is 2.44 bits per heavy atom. The van der Waals surface area contributed by atoms with E-state index in [0.29, 0.717) is 22.7 Å². The molecule has 0 unspecified atom stereocenters. The Bertz CT molecular complexity index is 1160. The summed E-state index contributed by atoms with van der Waals surface area (Å²) in [5.74, 6) is 0.268. The molecule has 1 saturated carbocycles. The predicted molar refractivity (Wildman–Crippen MR) is 138 cm³/mol. The van der Waals surface area contributed by atoms with Crippen LogP contribution in [0.4, 0.5) is 5.69 Å². The molecular weight excluding hydrogens is 484 g/mol. The van der Waals surface area contributed by atoms with E-state index in [1.165, 1.54) is 25.8 Å². The fraction of sp³-hybridized carbons (Fsp3) is 0.400. The SMILES string of the molecule is COc1cccc(N(CC(=O)N/N=C\c2ccc(OCC(=O)NC3CCCCC3)cc2)S(C)(=O)=O)c1. The molecule has 0 spiro atoms. The molecule has 0 aromatic heterocycles. The second kappa shape index (κ2) is 12.9. The van der Waals surface area contributed by atoms with Crippen molar-refractivity contribution in [3.05, 3.63) is 54.1 Å². The molecule has 2 aromatic carbocycles. The van der Waals surface area contributed by atoms with Gasteiger partial charge in [-0.05, 0) is 54.8 Å².